The normalized spacial score (nSPS) is 9.94. The molecule has 0 aliphatic heterocycles. The third kappa shape index (κ3) is 2.72. The Hall–Kier alpha value is -2.09. The molecule has 1 N–H and O–H groups in total. The van der Waals surface area contributed by atoms with Gasteiger partial charge in [0.25, 0.3) is 5.91 Å². The molecular formula is C15H14NO. The Balaban J connectivity index is 2.19. The van der Waals surface area contributed by atoms with Crippen molar-refractivity contribution in [3.05, 3.63) is 72.6 Å². The fraction of sp³-hybridized carbons (Fsp3) is 0.0667. The summed E-state index contributed by atoms with van der Waals surface area (Å²) in [5.41, 5.74) is 2.53. The minimum absolute atomic E-state index is 0.0912. The number of anilines is 1. The molecule has 0 saturated carbocycles. The molecule has 0 heterocycles. The highest BCUT2D eigenvalue weighted by Crippen LogP contribution is 2.16. The molecule has 2 aromatic carbocycles. The SMILES string of the molecule is [CH2]Cc1ccccc1NC(=O)c1ccccc1. The van der Waals surface area contributed by atoms with Crippen molar-refractivity contribution < 1.29 is 4.79 Å². The van der Waals surface area contributed by atoms with E-state index in [1.54, 1.807) is 12.1 Å². The van der Waals surface area contributed by atoms with E-state index in [4.69, 9.17) is 0 Å². The van der Waals surface area contributed by atoms with E-state index >= 15 is 0 Å². The molecule has 0 aliphatic carbocycles. The molecule has 0 bridgehead atoms. The van der Waals surface area contributed by atoms with Gasteiger partial charge < -0.3 is 5.32 Å². The van der Waals surface area contributed by atoms with Crippen molar-refractivity contribution in [1.82, 2.24) is 0 Å². The Morgan fingerprint density at radius 3 is 2.35 bits per heavy atom. The van der Waals surface area contributed by atoms with Gasteiger partial charge in [0.05, 0.1) is 0 Å². The number of para-hydroxylation sites is 1. The van der Waals surface area contributed by atoms with Gasteiger partial charge in [-0.05, 0) is 37.1 Å². The van der Waals surface area contributed by atoms with Crippen LogP contribution in [0, 0.1) is 6.92 Å². The molecule has 1 amide bonds. The fourth-order valence-corrected chi connectivity index (χ4v) is 1.64. The zero-order chi connectivity index (χ0) is 12.1. The van der Waals surface area contributed by atoms with Crippen LogP contribution < -0.4 is 5.32 Å². The van der Waals surface area contributed by atoms with Gasteiger partial charge in [0, 0.05) is 11.3 Å². The highest BCUT2D eigenvalue weighted by atomic mass is 16.1. The molecular weight excluding hydrogens is 210 g/mol. The van der Waals surface area contributed by atoms with Crippen molar-refractivity contribution in [3.8, 4) is 0 Å². The van der Waals surface area contributed by atoms with Crippen LogP contribution in [0.4, 0.5) is 5.69 Å². The molecule has 1 radical (unpaired) electrons. The minimum atomic E-state index is -0.0912. The summed E-state index contributed by atoms with van der Waals surface area (Å²) in [5.74, 6) is -0.0912. The van der Waals surface area contributed by atoms with Crippen LogP contribution in [0.5, 0.6) is 0 Å². The van der Waals surface area contributed by atoms with Crippen LogP contribution in [-0.4, -0.2) is 5.91 Å². The minimum Gasteiger partial charge on any atom is -0.322 e. The number of hydrogen-bond acceptors (Lipinski definition) is 1. The van der Waals surface area contributed by atoms with Crippen LogP contribution in [0.25, 0.3) is 0 Å². The molecule has 0 aromatic heterocycles. The largest absolute Gasteiger partial charge is 0.322 e. The maximum absolute atomic E-state index is 12.0. The predicted octanol–water partition coefficient (Wildman–Crippen LogP) is 3.32. The van der Waals surface area contributed by atoms with Crippen molar-refractivity contribution in [2.75, 3.05) is 5.32 Å². The lowest BCUT2D eigenvalue weighted by atomic mass is 10.1. The number of rotatable bonds is 3. The number of nitrogens with one attached hydrogen (secondary N) is 1. The first-order valence-electron chi connectivity index (χ1n) is 5.55. The number of carbonyl (C=O) groups is 1. The van der Waals surface area contributed by atoms with Gasteiger partial charge in [0.15, 0.2) is 0 Å². The van der Waals surface area contributed by atoms with Gasteiger partial charge in [0.1, 0.15) is 0 Å². The van der Waals surface area contributed by atoms with Gasteiger partial charge in [-0.2, -0.15) is 0 Å². The van der Waals surface area contributed by atoms with Crippen LogP contribution in [0.2, 0.25) is 0 Å². The standard InChI is InChI=1S/C15H14NO/c1-2-12-8-6-7-11-14(12)16-15(17)13-9-4-3-5-10-13/h3-11H,1-2H2,(H,16,17). The van der Waals surface area contributed by atoms with E-state index < -0.39 is 0 Å². The van der Waals surface area contributed by atoms with E-state index in [1.807, 2.05) is 42.5 Å². The molecule has 2 aromatic rings. The number of benzene rings is 2. The molecule has 2 heteroatoms. The Morgan fingerprint density at radius 1 is 1.00 bits per heavy atom. The highest BCUT2D eigenvalue weighted by molar-refractivity contribution is 6.04. The highest BCUT2D eigenvalue weighted by Gasteiger charge is 2.06. The van der Waals surface area contributed by atoms with Crippen molar-refractivity contribution in [2.45, 2.75) is 6.42 Å². The third-order valence-corrected chi connectivity index (χ3v) is 2.57. The van der Waals surface area contributed by atoms with Crippen molar-refractivity contribution in [1.29, 1.82) is 0 Å². The smallest absolute Gasteiger partial charge is 0.255 e. The average Bonchev–Trinajstić information content (AvgIpc) is 2.40. The van der Waals surface area contributed by atoms with Gasteiger partial charge in [0.2, 0.25) is 0 Å². The Morgan fingerprint density at radius 2 is 1.65 bits per heavy atom. The third-order valence-electron chi connectivity index (χ3n) is 2.57. The van der Waals surface area contributed by atoms with E-state index in [0.717, 1.165) is 11.3 Å². The molecule has 0 aliphatic rings. The molecule has 85 valence electrons. The summed E-state index contributed by atoms with van der Waals surface area (Å²) in [6, 6.07) is 16.9. The maximum Gasteiger partial charge on any atom is 0.255 e. The topological polar surface area (TPSA) is 29.1 Å². The summed E-state index contributed by atoms with van der Waals surface area (Å²) in [4.78, 5) is 12.0. The number of amides is 1. The molecule has 2 nitrogen and oxygen atoms in total. The zero-order valence-electron chi connectivity index (χ0n) is 9.52. The fourth-order valence-electron chi connectivity index (χ4n) is 1.64. The number of carbonyl (C=O) groups excluding carboxylic acids is 1. The second-order valence-corrected chi connectivity index (χ2v) is 3.73. The van der Waals surface area contributed by atoms with E-state index in [1.165, 1.54) is 0 Å². The Bertz CT molecular complexity index is 505. The molecule has 17 heavy (non-hydrogen) atoms. The Labute approximate surface area is 101 Å². The second-order valence-electron chi connectivity index (χ2n) is 3.73. The lowest BCUT2D eigenvalue weighted by Crippen LogP contribution is -2.12. The summed E-state index contributed by atoms with van der Waals surface area (Å²) in [6.45, 7) is 3.85. The zero-order valence-corrected chi connectivity index (χ0v) is 9.52. The van der Waals surface area contributed by atoms with Gasteiger partial charge in [-0.15, -0.1) is 0 Å². The second kappa shape index (κ2) is 5.30. The molecule has 0 fully saturated rings. The van der Waals surface area contributed by atoms with Crippen molar-refractivity contribution >= 4 is 11.6 Å². The lowest BCUT2D eigenvalue weighted by molar-refractivity contribution is 0.102. The van der Waals surface area contributed by atoms with Gasteiger partial charge in [-0.25, -0.2) is 0 Å². The van der Waals surface area contributed by atoms with E-state index in [9.17, 15) is 4.79 Å². The van der Waals surface area contributed by atoms with Crippen LogP contribution in [0.3, 0.4) is 0 Å². The summed E-state index contributed by atoms with van der Waals surface area (Å²) < 4.78 is 0. The summed E-state index contributed by atoms with van der Waals surface area (Å²) in [6.07, 6.45) is 0.658. The van der Waals surface area contributed by atoms with E-state index in [2.05, 4.69) is 12.2 Å². The monoisotopic (exact) mass is 224 g/mol. The molecule has 0 saturated heterocycles. The maximum atomic E-state index is 12.0. The summed E-state index contributed by atoms with van der Waals surface area (Å²) >= 11 is 0. The van der Waals surface area contributed by atoms with Crippen LogP contribution in [0.1, 0.15) is 15.9 Å². The molecule has 0 atom stereocenters. The summed E-state index contributed by atoms with van der Waals surface area (Å²) in [7, 11) is 0. The molecule has 2 rings (SSSR count). The van der Waals surface area contributed by atoms with Gasteiger partial charge >= 0.3 is 0 Å². The van der Waals surface area contributed by atoms with Gasteiger partial charge in [-0.3, -0.25) is 4.79 Å². The quantitative estimate of drug-likeness (QED) is 0.851. The average molecular weight is 224 g/mol. The molecule has 0 spiro atoms. The van der Waals surface area contributed by atoms with E-state index in [-0.39, 0.29) is 5.91 Å². The van der Waals surface area contributed by atoms with Crippen LogP contribution >= 0.6 is 0 Å². The van der Waals surface area contributed by atoms with Crippen LogP contribution in [0.15, 0.2) is 54.6 Å². The lowest BCUT2D eigenvalue weighted by Gasteiger charge is -2.09. The first-order chi connectivity index (χ1) is 8.31. The summed E-state index contributed by atoms with van der Waals surface area (Å²) in [5, 5.41) is 2.90. The van der Waals surface area contributed by atoms with Crippen molar-refractivity contribution in [2.24, 2.45) is 0 Å². The van der Waals surface area contributed by atoms with Crippen LogP contribution in [-0.2, 0) is 6.42 Å². The Kier molecular flexibility index (Phi) is 3.55. The number of hydrogen-bond donors (Lipinski definition) is 1. The van der Waals surface area contributed by atoms with E-state index in [0.29, 0.717) is 12.0 Å². The molecule has 0 unspecified atom stereocenters. The van der Waals surface area contributed by atoms with Crippen molar-refractivity contribution in [3.63, 3.8) is 0 Å². The van der Waals surface area contributed by atoms with Gasteiger partial charge in [-0.1, -0.05) is 36.4 Å². The first kappa shape index (κ1) is 11.4. The predicted molar refractivity (Wildman–Crippen MR) is 69.9 cm³/mol. The first-order valence-corrected chi connectivity index (χ1v) is 5.55.